The van der Waals surface area contributed by atoms with Crippen LogP contribution < -0.4 is 10.1 Å². The van der Waals surface area contributed by atoms with Gasteiger partial charge in [-0.2, -0.15) is 5.10 Å². The Kier molecular flexibility index (Phi) is 5.99. The Morgan fingerprint density at radius 3 is 2.84 bits per heavy atom. The maximum atomic E-state index is 6.08. The van der Waals surface area contributed by atoms with Crippen LogP contribution in [0.15, 0.2) is 60.9 Å². The molecule has 0 saturated carbocycles. The summed E-state index contributed by atoms with van der Waals surface area (Å²) in [5.74, 6) is 0.931. The van der Waals surface area contributed by atoms with E-state index in [0.29, 0.717) is 18.7 Å². The molecule has 0 saturated heterocycles. The van der Waals surface area contributed by atoms with Crippen molar-refractivity contribution in [1.82, 2.24) is 20.1 Å². The summed E-state index contributed by atoms with van der Waals surface area (Å²) in [6.07, 6.45) is 8.50. The molecule has 32 heavy (non-hydrogen) atoms. The molecular weight excluding hydrogens is 396 g/mol. The fourth-order valence-corrected chi connectivity index (χ4v) is 4.61. The molecule has 1 aliphatic rings. The van der Waals surface area contributed by atoms with Crippen molar-refractivity contribution >= 4 is 10.9 Å². The number of aryl methyl sites for hydroxylation is 1. The van der Waals surface area contributed by atoms with Gasteiger partial charge in [0.05, 0.1) is 6.20 Å². The third-order valence-corrected chi connectivity index (χ3v) is 6.44. The molecule has 5 rings (SSSR count). The Morgan fingerprint density at radius 2 is 2.03 bits per heavy atom. The highest BCUT2D eigenvalue weighted by atomic mass is 16.5. The average Bonchev–Trinajstić information content (AvgIpc) is 3.43. The van der Waals surface area contributed by atoms with Crippen LogP contribution in [0, 0.1) is 0 Å². The van der Waals surface area contributed by atoms with E-state index in [1.54, 1.807) is 0 Å². The van der Waals surface area contributed by atoms with Gasteiger partial charge in [0, 0.05) is 34.9 Å². The van der Waals surface area contributed by atoms with Gasteiger partial charge in [-0.3, -0.25) is 4.68 Å². The molecule has 1 atom stereocenters. The Morgan fingerprint density at radius 1 is 1.16 bits per heavy atom. The lowest BCUT2D eigenvalue weighted by Crippen LogP contribution is -2.35. The van der Waals surface area contributed by atoms with E-state index in [0.717, 1.165) is 31.6 Å². The molecule has 0 fully saturated rings. The van der Waals surface area contributed by atoms with Crippen molar-refractivity contribution in [3.05, 3.63) is 83.3 Å². The van der Waals surface area contributed by atoms with Crippen LogP contribution in [0.2, 0.25) is 0 Å². The lowest BCUT2D eigenvalue weighted by molar-refractivity contribution is 0.306. The van der Waals surface area contributed by atoms with Gasteiger partial charge in [0.25, 0.3) is 0 Å². The van der Waals surface area contributed by atoms with Crippen LogP contribution in [0.4, 0.5) is 0 Å². The second kappa shape index (κ2) is 9.21. The number of aromatic amines is 1. The first-order valence-electron chi connectivity index (χ1n) is 11.7. The molecule has 2 aromatic heterocycles. The van der Waals surface area contributed by atoms with Gasteiger partial charge < -0.3 is 15.0 Å². The average molecular weight is 429 g/mol. The van der Waals surface area contributed by atoms with Crippen molar-refractivity contribution in [2.75, 3.05) is 6.54 Å². The Hall–Kier alpha value is -3.05. The van der Waals surface area contributed by atoms with E-state index in [4.69, 9.17) is 4.74 Å². The maximum absolute atomic E-state index is 6.08. The SMILES string of the molecule is CC(C)n1cc(CCNC2CCc3[nH]c4ccc(OCc5ccccc5)cc4c3C2)cn1. The minimum atomic E-state index is 0.414. The molecule has 1 unspecified atom stereocenters. The minimum Gasteiger partial charge on any atom is -0.489 e. The van der Waals surface area contributed by atoms with Gasteiger partial charge in [-0.05, 0) is 81.0 Å². The van der Waals surface area contributed by atoms with Crippen molar-refractivity contribution < 1.29 is 4.74 Å². The maximum Gasteiger partial charge on any atom is 0.120 e. The fourth-order valence-electron chi connectivity index (χ4n) is 4.61. The van der Waals surface area contributed by atoms with E-state index in [1.807, 2.05) is 29.1 Å². The summed E-state index contributed by atoms with van der Waals surface area (Å²) < 4.78 is 8.12. The summed E-state index contributed by atoms with van der Waals surface area (Å²) in [6.45, 7) is 5.90. The van der Waals surface area contributed by atoms with Crippen molar-refractivity contribution in [3.8, 4) is 5.75 Å². The van der Waals surface area contributed by atoms with E-state index < -0.39 is 0 Å². The number of nitrogens with zero attached hydrogens (tertiary/aromatic N) is 2. The van der Waals surface area contributed by atoms with E-state index in [-0.39, 0.29) is 0 Å². The highest BCUT2D eigenvalue weighted by molar-refractivity contribution is 5.86. The van der Waals surface area contributed by atoms with Gasteiger partial charge in [0.2, 0.25) is 0 Å². The molecule has 2 heterocycles. The van der Waals surface area contributed by atoms with Gasteiger partial charge in [-0.15, -0.1) is 0 Å². The highest BCUT2D eigenvalue weighted by Gasteiger charge is 2.22. The van der Waals surface area contributed by atoms with Crippen LogP contribution in [0.5, 0.6) is 5.75 Å². The third-order valence-electron chi connectivity index (χ3n) is 6.44. The zero-order valence-electron chi connectivity index (χ0n) is 19.0. The van der Waals surface area contributed by atoms with Crippen LogP contribution in [0.3, 0.4) is 0 Å². The summed E-state index contributed by atoms with van der Waals surface area (Å²) in [4.78, 5) is 3.64. The highest BCUT2D eigenvalue weighted by Crippen LogP contribution is 2.32. The molecule has 166 valence electrons. The first-order valence-corrected chi connectivity index (χ1v) is 11.7. The molecule has 0 spiro atoms. The summed E-state index contributed by atoms with van der Waals surface area (Å²) in [6, 6.07) is 17.7. The second-order valence-electron chi connectivity index (χ2n) is 9.13. The molecule has 0 aliphatic heterocycles. The summed E-state index contributed by atoms with van der Waals surface area (Å²) in [5.41, 5.74) is 6.53. The van der Waals surface area contributed by atoms with Gasteiger partial charge in [0.1, 0.15) is 12.4 Å². The van der Waals surface area contributed by atoms with Crippen molar-refractivity contribution in [2.24, 2.45) is 0 Å². The molecule has 5 heteroatoms. The lowest BCUT2D eigenvalue weighted by Gasteiger charge is -2.23. The fraction of sp³-hybridized carbons (Fsp3) is 0.370. The number of aromatic nitrogens is 3. The van der Waals surface area contributed by atoms with E-state index >= 15 is 0 Å². The molecule has 0 bridgehead atoms. The Bertz CT molecular complexity index is 1180. The summed E-state index contributed by atoms with van der Waals surface area (Å²) >= 11 is 0. The van der Waals surface area contributed by atoms with E-state index in [2.05, 4.69) is 65.8 Å². The molecule has 1 aliphatic carbocycles. The Balaban J connectivity index is 1.22. The van der Waals surface area contributed by atoms with Gasteiger partial charge in [-0.1, -0.05) is 30.3 Å². The number of nitrogens with one attached hydrogen (secondary N) is 2. The summed E-state index contributed by atoms with van der Waals surface area (Å²) in [7, 11) is 0. The quantitative estimate of drug-likeness (QED) is 0.405. The Labute approximate surface area is 189 Å². The number of rotatable bonds is 8. The van der Waals surface area contributed by atoms with Crippen molar-refractivity contribution in [3.63, 3.8) is 0 Å². The number of hydrogen-bond donors (Lipinski definition) is 2. The molecule has 5 nitrogen and oxygen atoms in total. The predicted octanol–water partition coefficient (Wildman–Crippen LogP) is 5.21. The number of ether oxygens (including phenoxy) is 1. The predicted molar refractivity (Wildman–Crippen MR) is 129 cm³/mol. The molecule has 4 aromatic rings. The van der Waals surface area contributed by atoms with Crippen LogP contribution in [0.1, 0.15) is 48.7 Å². The summed E-state index contributed by atoms with van der Waals surface area (Å²) in [5, 5.41) is 9.54. The number of H-pyrrole nitrogens is 1. The van der Waals surface area contributed by atoms with Crippen LogP contribution >= 0.6 is 0 Å². The molecule has 0 radical (unpaired) electrons. The van der Waals surface area contributed by atoms with Crippen LogP contribution in [0.25, 0.3) is 10.9 Å². The number of hydrogen-bond acceptors (Lipinski definition) is 3. The standard InChI is InChI=1S/C27H32N4O/c1-19(2)31-17-21(16-29-31)12-13-28-22-8-10-26-24(14-22)25-15-23(9-11-27(25)30-26)32-18-20-6-4-3-5-7-20/h3-7,9,11,15-17,19,22,28,30H,8,10,12-14,18H2,1-2H3. The zero-order chi connectivity index (χ0) is 21.9. The number of fused-ring (bicyclic) bond motifs is 3. The van der Waals surface area contributed by atoms with Crippen molar-refractivity contribution in [2.45, 2.75) is 58.2 Å². The van der Waals surface area contributed by atoms with Crippen molar-refractivity contribution in [1.29, 1.82) is 0 Å². The van der Waals surface area contributed by atoms with Gasteiger partial charge >= 0.3 is 0 Å². The van der Waals surface area contributed by atoms with Gasteiger partial charge in [-0.25, -0.2) is 0 Å². The first-order chi connectivity index (χ1) is 15.7. The third kappa shape index (κ3) is 4.58. The van der Waals surface area contributed by atoms with Crippen LogP contribution in [-0.2, 0) is 25.9 Å². The van der Waals surface area contributed by atoms with Gasteiger partial charge in [0.15, 0.2) is 0 Å². The molecule has 0 amide bonds. The second-order valence-corrected chi connectivity index (χ2v) is 9.13. The number of benzene rings is 2. The topological polar surface area (TPSA) is 54.9 Å². The van der Waals surface area contributed by atoms with E-state index in [9.17, 15) is 0 Å². The smallest absolute Gasteiger partial charge is 0.120 e. The van der Waals surface area contributed by atoms with E-state index in [1.165, 1.54) is 39.7 Å². The largest absolute Gasteiger partial charge is 0.489 e. The molecule has 2 aromatic carbocycles. The normalized spacial score (nSPS) is 15.9. The zero-order valence-corrected chi connectivity index (χ0v) is 19.0. The molecule has 2 N–H and O–H groups in total. The molecular formula is C27H32N4O. The monoisotopic (exact) mass is 428 g/mol. The minimum absolute atomic E-state index is 0.414. The lowest BCUT2D eigenvalue weighted by atomic mass is 9.91. The first kappa shape index (κ1) is 20.8. The van der Waals surface area contributed by atoms with Crippen LogP contribution in [-0.4, -0.2) is 27.4 Å².